The number of carbonyl (C=O) groups is 1. The highest BCUT2D eigenvalue weighted by Crippen LogP contribution is 2.35. The fraction of sp³-hybridized carbons (Fsp3) is 0.478. The Bertz CT molecular complexity index is 1330. The van der Waals surface area contributed by atoms with Crippen LogP contribution < -0.4 is 19.9 Å². The molecule has 3 heterocycles. The molecule has 35 heavy (non-hydrogen) atoms. The van der Waals surface area contributed by atoms with Crippen LogP contribution in [0.25, 0.3) is 11.0 Å². The third-order valence-electron chi connectivity index (χ3n) is 6.03. The summed E-state index contributed by atoms with van der Waals surface area (Å²) in [6, 6.07) is 2.99. The molecule has 1 saturated heterocycles. The molecule has 0 atom stereocenters. The minimum atomic E-state index is -0.166. The number of aromatic nitrogens is 4. The van der Waals surface area contributed by atoms with Crippen LogP contribution in [0.4, 0.5) is 5.95 Å². The molecule has 2 aromatic heterocycles. The fourth-order valence-electron chi connectivity index (χ4n) is 4.23. The molecule has 0 aliphatic carbocycles. The number of fused-ring (bicyclic) bond motifs is 1. The van der Waals surface area contributed by atoms with Gasteiger partial charge in [0.2, 0.25) is 5.95 Å². The second kappa shape index (κ2) is 9.94. The first-order valence-corrected chi connectivity index (χ1v) is 12.0. The molecule has 0 spiro atoms. The van der Waals surface area contributed by atoms with Crippen LogP contribution in [0.1, 0.15) is 25.6 Å². The van der Waals surface area contributed by atoms with E-state index in [0.717, 1.165) is 0 Å². The molecule has 3 aromatic rings. The third-order valence-corrected chi connectivity index (χ3v) is 6.62. The molecule has 0 radical (unpaired) electrons. The number of halogens is 2. The predicted octanol–water partition coefficient (Wildman–Crippen LogP) is 3.06. The number of amides is 1. The second-order valence-corrected chi connectivity index (χ2v) is 9.48. The van der Waals surface area contributed by atoms with Crippen molar-refractivity contribution in [3.63, 3.8) is 0 Å². The summed E-state index contributed by atoms with van der Waals surface area (Å²) in [5, 5.41) is 5.03. The molecule has 12 heteroatoms. The van der Waals surface area contributed by atoms with Crippen molar-refractivity contribution in [2.75, 3.05) is 44.8 Å². The lowest BCUT2D eigenvalue weighted by Crippen LogP contribution is -2.51. The Hall–Kier alpha value is -2.98. The molecule has 4 rings (SSSR count). The van der Waals surface area contributed by atoms with E-state index in [0.29, 0.717) is 70.4 Å². The van der Waals surface area contributed by atoms with Gasteiger partial charge in [-0.1, -0.05) is 23.2 Å². The van der Waals surface area contributed by atoms with E-state index >= 15 is 0 Å². The SMILES string of the molecule is COc1cc(OCC(=O)N2CCN(c3nc4c(C)nn(C)c4c(=O)n3C(C)C)CC2)c(Cl)cc1Cl. The zero-order valence-electron chi connectivity index (χ0n) is 20.3. The molecule has 1 aliphatic rings. The van der Waals surface area contributed by atoms with Crippen molar-refractivity contribution in [1.29, 1.82) is 0 Å². The summed E-state index contributed by atoms with van der Waals surface area (Å²) in [7, 11) is 3.24. The van der Waals surface area contributed by atoms with Crippen molar-refractivity contribution < 1.29 is 14.3 Å². The monoisotopic (exact) mass is 522 g/mol. The van der Waals surface area contributed by atoms with Gasteiger partial charge in [-0.2, -0.15) is 5.10 Å². The standard InChI is InChI=1S/C23H28Cl2N6O4/c1-13(2)31-22(33)21-20(14(3)27-28(21)4)26-23(31)30-8-6-29(7-9-30)19(32)12-35-18-11-17(34-5)15(24)10-16(18)25/h10-11,13H,6-9,12H2,1-5H3. The highest BCUT2D eigenvalue weighted by Gasteiger charge is 2.27. The van der Waals surface area contributed by atoms with Crippen LogP contribution in [0.2, 0.25) is 10.0 Å². The molecule has 0 bridgehead atoms. The van der Waals surface area contributed by atoms with E-state index < -0.39 is 0 Å². The number of ether oxygens (including phenoxy) is 2. The smallest absolute Gasteiger partial charge is 0.281 e. The normalized spacial score (nSPS) is 14.2. The number of nitrogens with zero attached hydrogens (tertiary/aromatic N) is 6. The molecule has 1 amide bonds. The van der Waals surface area contributed by atoms with Gasteiger partial charge in [0.15, 0.2) is 12.1 Å². The maximum atomic E-state index is 13.3. The molecule has 10 nitrogen and oxygen atoms in total. The Morgan fingerprint density at radius 2 is 1.77 bits per heavy atom. The molecular weight excluding hydrogens is 495 g/mol. The minimum Gasteiger partial charge on any atom is -0.495 e. The van der Waals surface area contributed by atoms with Crippen molar-refractivity contribution in [2.45, 2.75) is 26.8 Å². The Kier molecular flexibility index (Phi) is 7.14. The lowest BCUT2D eigenvalue weighted by Gasteiger charge is -2.36. The van der Waals surface area contributed by atoms with Gasteiger partial charge in [0.25, 0.3) is 11.5 Å². The Balaban J connectivity index is 1.47. The molecule has 0 unspecified atom stereocenters. The number of aryl methyl sites for hydroxylation is 2. The van der Waals surface area contributed by atoms with Crippen LogP contribution in [0.15, 0.2) is 16.9 Å². The van der Waals surface area contributed by atoms with E-state index in [2.05, 4.69) is 5.10 Å². The lowest BCUT2D eigenvalue weighted by molar-refractivity contribution is -0.133. The summed E-state index contributed by atoms with van der Waals surface area (Å²) in [6.07, 6.45) is 0. The van der Waals surface area contributed by atoms with Crippen LogP contribution in [0.5, 0.6) is 11.5 Å². The Labute approximate surface area is 212 Å². The van der Waals surface area contributed by atoms with Crippen molar-refractivity contribution in [3.8, 4) is 11.5 Å². The first kappa shape index (κ1) is 25.1. The maximum Gasteiger partial charge on any atom is 0.281 e. The molecular formula is C23H28Cl2N6O4. The summed E-state index contributed by atoms with van der Waals surface area (Å²) in [5.74, 6) is 1.17. The average molecular weight is 523 g/mol. The van der Waals surface area contributed by atoms with Gasteiger partial charge in [-0.05, 0) is 26.8 Å². The van der Waals surface area contributed by atoms with Crippen molar-refractivity contribution in [2.24, 2.45) is 7.05 Å². The number of anilines is 1. The summed E-state index contributed by atoms with van der Waals surface area (Å²) in [5.41, 5.74) is 1.68. The maximum absolute atomic E-state index is 13.3. The van der Waals surface area contributed by atoms with Crippen molar-refractivity contribution in [3.05, 3.63) is 38.2 Å². The topological polar surface area (TPSA) is 94.7 Å². The van der Waals surface area contributed by atoms with E-state index in [1.807, 2.05) is 25.7 Å². The van der Waals surface area contributed by atoms with E-state index in [9.17, 15) is 9.59 Å². The molecule has 1 fully saturated rings. The van der Waals surface area contributed by atoms with Crippen molar-refractivity contribution in [1.82, 2.24) is 24.2 Å². The van der Waals surface area contributed by atoms with Crippen LogP contribution in [0.3, 0.4) is 0 Å². The van der Waals surface area contributed by atoms with E-state index in [-0.39, 0.29) is 24.1 Å². The third kappa shape index (κ3) is 4.77. The number of benzene rings is 1. The second-order valence-electron chi connectivity index (χ2n) is 8.66. The first-order chi connectivity index (χ1) is 16.6. The summed E-state index contributed by atoms with van der Waals surface area (Å²) >= 11 is 12.2. The molecule has 1 aromatic carbocycles. The van der Waals surface area contributed by atoms with Gasteiger partial charge in [0.05, 0.1) is 22.8 Å². The minimum absolute atomic E-state index is 0.0845. The molecule has 1 aliphatic heterocycles. The quantitative estimate of drug-likeness (QED) is 0.490. The summed E-state index contributed by atoms with van der Waals surface area (Å²) in [6.45, 7) is 7.59. The van der Waals surface area contributed by atoms with E-state index in [1.165, 1.54) is 13.2 Å². The number of hydrogen-bond acceptors (Lipinski definition) is 7. The van der Waals surface area contributed by atoms with Gasteiger partial charge in [-0.25, -0.2) is 4.98 Å². The summed E-state index contributed by atoms with van der Waals surface area (Å²) in [4.78, 5) is 34.7. The summed E-state index contributed by atoms with van der Waals surface area (Å²) < 4.78 is 14.1. The lowest BCUT2D eigenvalue weighted by atomic mass is 10.3. The Morgan fingerprint density at radius 1 is 1.11 bits per heavy atom. The number of carbonyl (C=O) groups excluding carboxylic acids is 1. The average Bonchev–Trinajstić information content (AvgIpc) is 3.11. The number of hydrogen-bond donors (Lipinski definition) is 0. The highest BCUT2D eigenvalue weighted by atomic mass is 35.5. The highest BCUT2D eigenvalue weighted by molar-refractivity contribution is 6.36. The van der Waals surface area contributed by atoms with Gasteiger partial charge in [0.1, 0.15) is 17.0 Å². The van der Waals surface area contributed by atoms with Gasteiger partial charge in [-0.15, -0.1) is 0 Å². The number of rotatable bonds is 6. The fourth-order valence-corrected chi connectivity index (χ4v) is 4.75. The largest absolute Gasteiger partial charge is 0.495 e. The van der Waals surface area contributed by atoms with Crippen LogP contribution >= 0.6 is 23.2 Å². The number of piperazine rings is 1. The van der Waals surface area contributed by atoms with Crippen LogP contribution in [-0.4, -0.2) is 70.0 Å². The first-order valence-electron chi connectivity index (χ1n) is 11.3. The molecule has 0 N–H and O–H groups in total. The van der Waals surface area contributed by atoms with Gasteiger partial charge >= 0.3 is 0 Å². The molecule has 188 valence electrons. The van der Waals surface area contributed by atoms with Crippen molar-refractivity contribution >= 4 is 46.1 Å². The van der Waals surface area contributed by atoms with E-state index in [1.54, 1.807) is 27.3 Å². The number of methoxy groups -OCH3 is 1. The predicted molar refractivity (Wildman–Crippen MR) is 135 cm³/mol. The van der Waals surface area contributed by atoms with E-state index in [4.69, 9.17) is 37.7 Å². The van der Waals surface area contributed by atoms with Gasteiger partial charge in [0, 0.05) is 45.3 Å². The zero-order valence-corrected chi connectivity index (χ0v) is 21.9. The zero-order chi connectivity index (χ0) is 25.4. The Morgan fingerprint density at radius 3 is 2.40 bits per heavy atom. The van der Waals surface area contributed by atoms with Crippen LogP contribution in [-0.2, 0) is 11.8 Å². The van der Waals surface area contributed by atoms with Gasteiger partial charge in [-0.3, -0.25) is 18.8 Å². The molecule has 0 saturated carbocycles. The van der Waals surface area contributed by atoms with Crippen LogP contribution in [0, 0.1) is 6.92 Å². The van der Waals surface area contributed by atoms with Gasteiger partial charge < -0.3 is 19.3 Å².